The van der Waals surface area contributed by atoms with Gasteiger partial charge < -0.3 is 14.6 Å². The Morgan fingerprint density at radius 1 is 1.43 bits per heavy atom. The minimum atomic E-state index is 0.229. The number of amides is 1. The summed E-state index contributed by atoms with van der Waals surface area (Å²) in [5.41, 5.74) is 4.12. The zero-order chi connectivity index (χ0) is 14.6. The second-order valence-electron chi connectivity index (χ2n) is 5.85. The molecule has 1 amide bonds. The Bertz CT molecular complexity index is 755. The van der Waals surface area contributed by atoms with E-state index in [2.05, 4.69) is 17.6 Å². The molecule has 0 bridgehead atoms. The zero-order valence-electron chi connectivity index (χ0n) is 12.1. The number of carbonyl (C=O) groups excluding carboxylic acids is 1. The highest BCUT2D eigenvalue weighted by molar-refractivity contribution is 5.95. The molecule has 2 aliphatic rings. The number of H-pyrrole nitrogens is 1. The first-order chi connectivity index (χ1) is 10.2. The molecule has 0 radical (unpaired) electrons. The number of aromatic nitrogens is 1. The normalized spacial score (nSPS) is 18.0. The van der Waals surface area contributed by atoms with Crippen molar-refractivity contribution >= 4 is 22.5 Å². The SMILES string of the molecule is C=C1c2[nH]c3ccc(OC)cc3c2CCN1C(=O)C1CC1. The van der Waals surface area contributed by atoms with E-state index in [4.69, 9.17) is 4.74 Å². The van der Waals surface area contributed by atoms with E-state index in [1.807, 2.05) is 17.0 Å². The van der Waals surface area contributed by atoms with E-state index in [9.17, 15) is 4.79 Å². The van der Waals surface area contributed by atoms with E-state index in [0.717, 1.165) is 48.5 Å². The van der Waals surface area contributed by atoms with Gasteiger partial charge in [0.2, 0.25) is 5.91 Å². The molecule has 1 saturated carbocycles. The van der Waals surface area contributed by atoms with Gasteiger partial charge >= 0.3 is 0 Å². The summed E-state index contributed by atoms with van der Waals surface area (Å²) in [6, 6.07) is 6.02. The Balaban J connectivity index is 1.77. The number of ether oxygens (including phenoxy) is 1. The average molecular weight is 282 g/mol. The number of hydrogen-bond acceptors (Lipinski definition) is 2. The van der Waals surface area contributed by atoms with Crippen LogP contribution in [0, 0.1) is 5.92 Å². The molecule has 0 unspecified atom stereocenters. The molecule has 4 heteroatoms. The lowest BCUT2D eigenvalue weighted by Gasteiger charge is -2.29. The topological polar surface area (TPSA) is 45.3 Å². The molecular weight excluding hydrogens is 264 g/mol. The number of nitrogens with one attached hydrogen (secondary N) is 1. The summed E-state index contributed by atoms with van der Waals surface area (Å²) in [5, 5.41) is 1.17. The zero-order valence-corrected chi connectivity index (χ0v) is 12.1. The van der Waals surface area contributed by atoms with Crippen LogP contribution >= 0.6 is 0 Å². The van der Waals surface area contributed by atoms with Crippen LogP contribution in [0.25, 0.3) is 16.6 Å². The van der Waals surface area contributed by atoms with Crippen molar-refractivity contribution in [2.45, 2.75) is 19.3 Å². The number of methoxy groups -OCH3 is 1. The van der Waals surface area contributed by atoms with Gasteiger partial charge in [0, 0.05) is 23.4 Å². The number of benzene rings is 1. The molecule has 2 aromatic rings. The van der Waals surface area contributed by atoms with Crippen LogP contribution in [0.1, 0.15) is 24.1 Å². The third kappa shape index (κ3) is 1.86. The molecule has 0 atom stereocenters. The molecule has 1 aliphatic carbocycles. The molecule has 4 rings (SSSR count). The Labute approximate surface area is 123 Å². The summed E-state index contributed by atoms with van der Waals surface area (Å²) in [6.45, 7) is 4.88. The Morgan fingerprint density at radius 2 is 2.24 bits per heavy atom. The highest BCUT2D eigenvalue weighted by Crippen LogP contribution is 2.38. The van der Waals surface area contributed by atoms with Crippen LogP contribution in [-0.2, 0) is 11.2 Å². The van der Waals surface area contributed by atoms with Crippen molar-refractivity contribution in [1.29, 1.82) is 0 Å². The Hall–Kier alpha value is -2.23. The summed E-state index contributed by atoms with van der Waals surface area (Å²) in [4.78, 5) is 17.6. The molecule has 1 fully saturated rings. The molecule has 108 valence electrons. The van der Waals surface area contributed by atoms with Crippen LogP contribution in [0.3, 0.4) is 0 Å². The highest BCUT2D eigenvalue weighted by atomic mass is 16.5. The highest BCUT2D eigenvalue weighted by Gasteiger charge is 2.36. The molecular formula is C17H18N2O2. The predicted octanol–water partition coefficient (Wildman–Crippen LogP) is 2.94. The molecule has 1 N–H and O–H groups in total. The fourth-order valence-corrected chi connectivity index (χ4v) is 3.15. The number of carbonyl (C=O) groups is 1. The minimum Gasteiger partial charge on any atom is -0.497 e. The van der Waals surface area contributed by atoms with Crippen molar-refractivity contribution < 1.29 is 9.53 Å². The van der Waals surface area contributed by atoms with E-state index >= 15 is 0 Å². The van der Waals surface area contributed by atoms with E-state index < -0.39 is 0 Å². The first-order valence-electron chi connectivity index (χ1n) is 7.38. The summed E-state index contributed by atoms with van der Waals surface area (Å²) in [7, 11) is 1.68. The smallest absolute Gasteiger partial charge is 0.230 e. The van der Waals surface area contributed by atoms with E-state index in [1.165, 1.54) is 10.9 Å². The summed E-state index contributed by atoms with van der Waals surface area (Å²) < 4.78 is 5.31. The Kier molecular flexibility index (Phi) is 2.61. The van der Waals surface area contributed by atoms with Gasteiger partial charge in [-0.15, -0.1) is 0 Å². The number of aromatic amines is 1. The van der Waals surface area contributed by atoms with Crippen LogP contribution in [0.2, 0.25) is 0 Å². The number of hydrogen-bond donors (Lipinski definition) is 1. The lowest BCUT2D eigenvalue weighted by Crippen LogP contribution is -2.35. The van der Waals surface area contributed by atoms with Gasteiger partial charge in [0.25, 0.3) is 0 Å². The first kappa shape index (κ1) is 12.5. The number of rotatable bonds is 2. The van der Waals surface area contributed by atoms with Crippen LogP contribution in [0.5, 0.6) is 5.75 Å². The predicted molar refractivity (Wildman–Crippen MR) is 82.0 cm³/mol. The second-order valence-corrected chi connectivity index (χ2v) is 5.85. The minimum absolute atomic E-state index is 0.229. The number of nitrogens with zero attached hydrogens (tertiary/aromatic N) is 1. The molecule has 1 aliphatic heterocycles. The molecule has 4 nitrogen and oxygen atoms in total. The van der Waals surface area contributed by atoms with Crippen LogP contribution in [-0.4, -0.2) is 29.4 Å². The van der Waals surface area contributed by atoms with Crippen molar-refractivity contribution in [3.05, 3.63) is 36.0 Å². The first-order valence-corrected chi connectivity index (χ1v) is 7.38. The maximum absolute atomic E-state index is 12.3. The van der Waals surface area contributed by atoms with Crippen molar-refractivity contribution in [3.8, 4) is 5.75 Å². The summed E-state index contributed by atoms with van der Waals surface area (Å²) in [6.07, 6.45) is 2.92. The van der Waals surface area contributed by atoms with Crippen LogP contribution < -0.4 is 4.74 Å². The molecule has 21 heavy (non-hydrogen) atoms. The van der Waals surface area contributed by atoms with Crippen molar-refractivity contribution in [2.24, 2.45) is 5.92 Å². The van der Waals surface area contributed by atoms with E-state index in [-0.39, 0.29) is 11.8 Å². The Morgan fingerprint density at radius 3 is 2.95 bits per heavy atom. The van der Waals surface area contributed by atoms with Gasteiger partial charge in [0.05, 0.1) is 18.5 Å². The van der Waals surface area contributed by atoms with Gasteiger partial charge in [0.15, 0.2) is 0 Å². The average Bonchev–Trinajstić information content (AvgIpc) is 3.28. The molecule has 0 spiro atoms. The molecule has 1 aromatic heterocycles. The maximum Gasteiger partial charge on any atom is 0.230 e. The monoisotopic (exact) mass is 282 g/mol. The number of fused-ring (bicyclic) bond motifs is 3. The lowest BCUT2D eigenvalue weighted by molar-refractivity contribution is -0.129. The molecule has 2 heterocycles. The molecule has 0 saturated heterocycles. The van der Waals surface area contributed by atoms with E-state index in [0.29, 0.717) is 0 Å². The summed E-state index contributed by atoms with van der Waals surface area (Å²) in [5.74, 6) is 1.32. The maximum atomic E-state index is 12.3. The fourth-order valence-electron chi connectivity index (χ4n) is 3.15. The second kappa shape index (κ2) is 4.38. The van der Waals surface area contributed by atoms with Gasteiger partial charge in [-0.1, -0.05) is 6.58 Å². The van der Waals surface area contributed by atoms with Crippen molar-refractivity contribution in [3.63, 3.8) is 0 Å². The fraction of sp³-hybridized carbons (Fsp3) is 0.353. The van der Waals surface area contributed by atoms with Gasteiger partial charge in [0.1, 0.15) is 5.75 Å². The largest absolute Gasteiger partial charge is 0.497 e. The van der Waals surface area contributed by atoms with Crippen molar-refractivity contribution in [1.82, 2.24) is 9.88 Å². The molecule has 1 aromatic carbocycles. The third-order valence-electron chi connectivity index (χ3n) is 4.51. The van der Waals surface area contributed by atoms with Crippen LogP contribution in [0.4, 0.5) is 0 Å². The van der Waals surface area contributed by atoms with Gasteiger partial charge in [-0.25, -0.2) is 0 Å². The van der Waals surface area contributed by atoms with Crippen molar-refractivity contribution in [2.75, 3.05) is 13.7 Å². The van der Waals surface area contributed by atoms with E-state index in [1.54, 1.807) is 7.11 Å². The quantitative estimate of drug-likeness (QED) is 0.920. The standard InChI is InChI=1S/C17H18N2O2/c1-10-16-13(7-8-19(10)17(20)11-3-4-11)14-9-12(21-2)5-6-15(14)18-16/h5-6,9,11,18H,1,3-4,7-8H2,2H3. The third-order valence-corrected chi connectivity index (χ3v) is 4.51. The van der Waals surface area contributed by atoms with Gasteiger partial charge in [-0.3, -0.25) is 4.79 Å². The van der Waals surface area contributed by atoms with Crippen LogP contribution in [0.15, 0.2) is 24.8 Å². The summed E-state index contributed by atoms with van der Waals surface area (Å²) >= 11 is 0. The van der Waals surface area contributed by atoms with Gasteiger partial charge in [-0.2, -0.15) is 0 Å². The lowest BCUT2D eigenvalue weighted by atomic mass is 10.0. The van der Waals surface area contributed by atoms with Gasteiger partial charge in [-0.05, 0) is 43.0 Å².